The average molecular weight is 231 g/mol. The molecular formula is C9H8Cl2N2O. The number of halogens is 2. The molecule has 14 heavy (non-hydrogen) atoms. The largest absolute Gasteiger partial charge is 0.309 e. The highest BCUT2D eigenvalue weighted by molar-refractivity contribution is 6.30. The third kappa shape index (κ3) is 1.83. The normalized spacial score (nSPS) is 21.7. The van der Waals surface area contributed by atoms with Gasteiger partial charge in [-0.05, 0) is 6.07 Å². The first-order chi connectivity index (χ1) is 6.66. The summed E-state index contributed by atoms with van der Waals surface area (Å²) >= 11 is 11.6. The Morgan fingerprint density at radius 1 is 1.50 bits per heavy atom. The standard InChI is InChI=1S/C9H8Cl2N2O/c10-6-1-8(4-12-3-6)13-5-7(11)2-9(13)14/h1,3-4,7H,2,5H2. The fraction of sp³-hybridized carbons (Fsp3) is 0.333. The third-order valence-electron chi connectivity index (χ3n) is 2.08. The number of nitrogens with zero attached hydrogens (tertiary/aromatic N) is 2. The lowest BCUT2D eigenvalue weighted by Crippen LogP contribution is -2.24. The van der Waals surface area contributed by atoms with Gasteiger partial charge in [0, 0.05) is 19.2 Å². The monoisotopic (exact) mass is 230 g/mol. The Balaban J connectivity index is 2.27. The molecule has 2 heterocycles. The molecular weight excluding hydrogens is 223 g/mol. The molecule has 1 fully saturated rings. The maximum Gasteiger partial charge on any atom is 0.228 e. The summed E-state index contributed by atoms with van der Waals surface area (Å²) in [6.45, 7) is 0.530. The van der Waals surface area contributed by atoms with Crippen molar-refractivity contribution in [2.45, 2.75) is 11.8 Å². The zero-order chi connectivity index (χ0) is 10.1. The van der Waals surface area contributed by atoms with Gasteiger partial charge in [-0.3, -0.25) is 9.78 Å². The van der Waals surface area contributed by atoms with E-state index in [-0.39, 0.29) is 11.3 Å². The summed E-state index contributed by atoms with van der Waals surface area (Å²) in [6.07, 6.45) is 3.52. The number of aromatic nitrogens is 1. The highest BCUT2D eigenvalue weighted by atomic mass is 35.5. The number of pyridine rings is 1. The van der Waals surface area contributed by atoms with E-state index in [1.54, 1.807) is 17.2 Å². The Kier molecular flexibility index (Phi) is 2.61. The van der Waals surface area contributed by atoms with Crippen LogP contribution in [0.5, 0.6) is 0 Å². The average Bonchev–Trinajstić information content (AvgIpc) is 2.45. The van der Waals surface area contributed by atoms with Crippen LogP contribution in [-0.4, -0.2) is 22.8 Å². The Morgan fingerprint density at radius 2 is 2.29 bits per heavy atom. The number of carbonyl (C=O) groups is 1. The number of anilines is 1. The number of alkyl halides is 1. The summed E-state index contributed by atoms with van der Waals surface area (Å²) in [6, 6.07) is 1.71. The highest BCUT2D eigenvalue weighted by Crippen LogP contribution is 2.25. The Labute approximate surface area is 91.6 Å². The molecule has 5 heteroatoms. The molecule has 0 N–H and O–H groups in total. The summed E-state index contributed by atoms with van der Waals surface area (Å²) in [5.41, 5.74) is 0.714. The van der Waals surface area contributed by atoms with E-state index in [9.17, 15) is 4.79 Å². The molecule has 74 valence electrons. The summed E-state index contributed by atoms with van der Waals surface area (Å²) in [4.78, 5) is 17.0. The summed E-state index contributed by atoms with van der Waals surface area (Å²) in [7, 11) is 0. The molecule has 1 aromatic rings. The summed E-state index contributed by atoms with van der Waals surface area (Å²) in [5, 5.41) is 0.412. The van der Waals surface area contributed by atoms with Crippen molar-refractivity contribution in [2.75, 3.05) is 11.4 Å². The van der Waals surface area contributed by atoms with Gasteiger partial charge in [-0.1, -0.05) is 11.6 Å². The van der Waals surface area contributed by atoms with Crippen LogP contribution in [0, 0.1) is 0 Å². The molecule has 1 unspecified atom stereocenters. The van der Waals surface area contributed by atoms with E-state index < -0.39 is 0 Å². The van der Waals surface area contributed by atoms with Gasteiger partial charge in [0.2, 0.25) is 5.91 Å². The fourth-order valence-corrected chi connectivity index (χ4v) is 1.90. The first-order valence-corrected chi connectivity index (χ1v) is 5.03. The van der Waals surface area contributed by atoms with E-state index in [1.807, 2.05) is 0 Å². The maximum absolute atomic E-state index is 11.5. The lowest BCUT2D eigenvalue weighted by atomic mass is 10.4. The van der Waals surface area contributed by atoms with Gasteiger partial charge in [-0.2, -0.15) is 0 Å². The number of hydrogen-bond acceptors (Lipinski definition) is 2. The van der Waals surface area contributed by atoms with Crippen LogP contribution in [0.15, 0.2) is 18.5 Å². The third-order valence-corrected chi connectivity index (χ3v) is 2.58. The smallest absolute Gasteiger partial charge is 0.228 e. The second-order valence-corrected chi connectivity index (χ2v) is 4.22. The van der Waals surface area contributed by atoms with E-state index in [0.717, 1.165) is 0 Å². The topological polar surface area (TPSA) is 33.2 Å². The number of hydrogen-bond donors (Lipinski definition) is 0. The minimum absolute atomic E-state index is 0.0223. The van der Waals surface area contributed by atoms with Crippen LogP contribution in [0.4, 0.5) is 5.69 Å². The van der Waals surface area contributed by atoms with Gasteiger partial charge >= 0.3 is 0 Å². The quantitative estimate of drug-likeness (QED) is 0.693. The molecule has 0 radical (unpaired) electrons. The van der Waals surface area contributed by atoms with Crippen LogP contribution in [-0.2, 0) is 4.79 Å². The van der Waals surface area contributed by atoms with Crippen molar-refractivity contribution in [3.8, 4) is 0 Å². The first kappa shape index (κ1) is 9.74. The molecule has 0 saturated carbocycles. The van der Waals surface area contributed by atoms with Crippen LogP contribution in [0.3, 0.4) is 0 Å². The SMILES string of the molecule is O=C1CC(Cl)CN1c1cncc(Cl)c1. The predicted octanol–water partition coefficient (Wildman–Crippen LogP) is 2.08. The minimum Gasteiger partial charge on any atom is -0.309 e. The van der Waals surface area contributed by atoms with Gasteiger partial charge in [0.1, 0.15) is 0 Å². The zero-order valence-electron chi connectivity index (χ0n) is 7.28. The first-order valence-electron chi connectivity index (χ1n) is 4.22. The molecule has 1 aliphatic rings. The van der Waals surface area contributed by atoms with E-state index in [2.05, 4.69) is 4.98 Å². The molecule has 0 spiro atoms. The molecule has 3 nitrogen and oxygen atoms in total. The van der Waals surface area contributed by atoms with Crippen LogP contribution in [0.1, 0.15) is 6.42 Å². The molecule has 1 aromatic heterocycles. The molecule has 1 aliphatic heterocycles. The predicted molar refractivity (Wildman–Crippen MR) is 55.9 cm³/mol. The fourth-order valence-electron chi connectivity index (χ4n) is 1.46. The van der Waals surface area contributed by atoms with Gasteiger partial charge in [0.05, 0.1) is 22.3 Å². The lowest BCUT2D eigenvalue weighted by Gasteiger charge is -2.14. The minimum atomic E-state index is -0.110. The number of rotatable bonds is 1. The molecule has 2 rings (SSSR count). The van der Waals surface area contributed by atoms with Crippen molar-refractivity contribution in [3.63, 3.8) is 0 Å². The second-order valence-electron chi connectivity index (χ2n) is 3.17. The van der Waals surface area contributed by atoms with Crippen molar-refractivity contribution in [3.05, 3.63) is 23.5 Å². The van der Waals surface area contributed by atoms with Crippen molar-refractivity contribution in [1.29, 1.82) is 0 Å². The molecule has 0 aromatic carbocycles. The Hall–Kier alpha value is -0.800. The lowest BCUT2D eigenvalue weighted by molar-refractivity contribution is -0.117. The van der Waals surface area contributed by atoms with Gasteiger partial charge in [-0.15, -0.1) is 11.6 Å². The molecule has 1 atom stereocenters. The number of amides is 1. The van der Waals surface area contributed by atoms with Crippen LogP contribution in [0.2, 0.25) is 5.02 Å². The van der Waals surface area contributed by atoms with Crippen molar-refractivity contribution in [1.82, 2.24) is 4.98 Å². The summed E-state index contributed by atoms with van der Waals surface area (Å²) in [5.74, 6) is 0.0223. The van der Waals surface area contributed by atoms with Gasteiger partial charge in [-0.25, -0.2) is 0 Å². The molecule has 1 saturated heterocycles. The Bertz CT molecular complexity index is 370. The molecule has 0 bridgehead atoms. The Morgan fingerprint density at radius 3 is 2.86 bits per heavy atom. The van der Waals surface area contributed by atoms with Gasteiger partial charge < -0.3 is 4.90 Å². The molecule has 0 aliphatic carbocycles. The van der Waals surface area contributed by atoms with E-state index in [1.165, 1.54) is 6.20 Å². The van der Waals surface area contributed by atoms with Crippen molar-refractivity contribution >= 4 is 34.8 Å². The van der Waals surface area contributed by atoms with Gasteiger partial charge in [0.25, 0.3) is 0 Å². The van der Waals surface area contributed by atoms with E-state index in [4.69, 9.17) is 23.2 Å². The van der Waals surface area contributed by atoms with E-state index >= 15 is 0 Å². The van der Waals surface area contributed by atoms with Crippen molar-refractivity contribution in [2.24, 2.45) is 0 Å². The van der Waals surface area contributed by atoms with Crippen LogP contribution in [0.25, 0.3) is 0 Å². The van der Waals surface area contributed by atoms with Gasteiger partial charge in [0.15, 0.2) is 0 Å². The maximum atomic E-state index is 11.5. The zero-order valence-corrected chi connectivity index (χ0v) is 8.79. The number of carbonyl (C=O) groups excluding carboxylic acids is 1. The van der Waals surface area contributed by atoms with Crippen LogP contribution < -0.4 is 4.90 Å². The van der Waals surface area contributed by atoms with Crippen molar-refractivity contribution < 1.29 is 4.79 Å². The molecule has 1 amide bonds. The summed E-state index contributed by atoms with van der Waals surface area (Å²) < 4.78 is 0. The van der Waals surface area contributed by atoms with E-state index in [0.29, 0.717) is 23.7 Å². The van der Waals surface area contributed by atoms with Crippen LogP contribution >= 0.6 is 23.2 Å². The second kappa shape index (κ2) is 3.75. The highest BCUT2D eigenvalue weighted by Gasteiger charge is 2.29.